The quantitative estimate of drug-likeness (QED) is 0.442. The second-order valence-electron chi connectivity index (χ2n) is 8.51. The van der Waals surface area contributed by atoms with Crippen molar-refractivity contribution in [2.75, 3.05) is 17.8 Å². The fourth-order valence-corrected chi connectivity index (χ4v) is 6.21. The topological polar surface area (TPSA) is 124 Å². The first-order valence-corrected chi connectivity index (χ1v) is 13.6. The molecule has 11 heteroatoms. The Morgan fingerprint density at radius 1 is 1.22 bits per heavy atom. The number of anilines is 1. The molecular weight excluding hydrogens is 498 g/mol. The number of nitrogens with one attached hydrogen (secondary N) is 1. The summed E-state index contributed by atoms with van der Waals surface area (Å²) in [5.74, 6) is -0.170. The number of benzene rings is 2. The third-order valence-corrected chi connectivity index (χ3v) is 8.53. The summed E-state index contributed by atoms with van der Waals surface area (Å²) in [4.78, 5) is 23.5. The summed E-state index contributed by atoms with van der Waals surface area (Å²) in [5, 5.41) is 11.0. The molecule has 2 N–H and O–H groups in total. The minimum Gasteiger partial charge on any atom is -0.384 e. The van der Waals surface area contributed by atoms with Crippen molar-refractivity contribution in [3.8, 4) is 0 Å². The van der Waals surface area contributed by atoms with Crippen LogP contribution in [0, 0.1) is 6.92 Å². The van der Waals surface area contributed by atoms with Crippen LogP contribution in [-0.2, 0) is 15.6 Å². The lowest BCUT2D eigenvalue weighted by molar-refractivity contribution is -0.0183. The number of hydrogen-bond acceptors (Lipinski definition) is 8. The Bertz CT molecular complexity index is 1410. The van der Waals surface area contributed by atoms with E-state index in [1.54, 1.807) is 48.2 Å². The Labute approximate surface area is 214 Å². The largest absolute Gasteiger partial charge is 0.384 e. The SMILES string of the molecule is C=Nc1cccc(S(=O)(=O)Nc2ccc(C(=O)N3CCC(O)(c4cc(C)ns4)CC3)cc2)c1/N=C\C. The molecule has 0 unspecified atom stereocenters. The lowest BCUT2D eigenvalue weighted by Crippen LogP contribution is -2.44. The van der Waals surface area contributed by atoms with Crippen LogP contribution in [0.5, 0.6) is 0 Å². The van der Waals surface area contributed by atoms with E-state index in [4.69, 9.17) is 0 Å². The minimum absolute atomic E-state index is 0.0254. The molecule has 0 spiro atoms. The number of nitrogens with zero attached hydrogens (tertiary/aromatic N) is 4. The van der Waals surface area contributed by atoms with Crippen LogP contribution in [0.25, 0.3) is 0 Å². The van der Waals surface area contributed by atoms with Crippen LogP contribution in [0.3, 0.4) is 0 Å². The fourth-order valence-electron chi connectivity index (χ4n) is 4.10. The summed E-state index contributed by atoms with van der Waals surface area (Å²) in [5.41, 5.74) is 1.21. The number of aliphatic imine (C=N–C) groups is 2. The van der Waals surface area contributed by atoms with Crippen LogP contribution in [0.1, 0.15) is 40.7 Å². The van der Waals surface area contributed by atoms with Crippen molar-refractivity contribution >= 4 is 57.5 Å². The van der Waals surface area contributed by atoms with E-state index in [2.05, 4.69) is 25.8 Å². The number of para-hydroxylation sites is 1. The second kappa shape index (κ2) is 10.3. The van der Waals surface area contributed by atoms with Gasteiger partial charge in [0, 0.05) is 30.6 Å². The molecule has 3 aromatic rings. The molecule has 0 saturated carbocycles. The standard InChI is InChI=1S/C25H27N5O4S2/c1-4-27-23-20(26-3)6-5-7-21(23)36(33,34)29-19-10-8-18(9-11-19)24(31)30-14-12-25(32,13-15-30)22-16-17(2)28-35-22/h4-11,16,29,32H,3,12-15H2,1-2H3/b27-4-. The van der Waals surface area contributed by atoms with Gasteiger partial charge in [0.15, 0.2) is 0 Å². The summed E-state index contributed by atoms with van der Waals surface area (Å²) in [6, 6.07) is 12.8. The highest BCUT2D eigenvalue weighted by Crippen LogP contribution is 2.37. The summed E-state index contributed by atoms with van der Waals surface area (Å²) in [7, 11) is -3.97. The number of aromatic nitrogens is 1. The number of carbonyl (C=O) groups is 1. The Morgan fingerprint density at radius 3 is 2.50 bits per heavy atom. The van der Waals surface area contributed by atoms with Gasteiger partial charge in [-0.2, -0.15) is 4.37 Å². The van der Waals surface area contributed by atoms with Crippen molar-refractivity contribution in [2.45, 2.75) is 37.2 Å². The Kier molecular flexibility index (Phi) is 7.34. The lowest BCUT2D eigenvalue weighted by atomic mass is 9.89. The first-order valence-electron chi connectivity index (χ1n) is 11.3. The number of likely N-dealkylation sites (tertiary alicyclic amines) is 1. The zero-order chi connectivity index (χ0) is 25.9. The van der Waals surface area contributed by atoms with Gasteiger partial charge in [-0.3, -0.25) is 19.5 Å². The molecule has 1 amide bonds. The third-order valence-electron chi connectivity index (χ3n) is 6.04. The van der Waals surface area contributed by atoms with E-state index in [-0.39, 0.29) is 16.5 Å². The molecule has 1 saturated heterocycles. The van der Waals surface area contributed by atoms with Gasteiger partial charge in [0.2, 0.25) is 0 Å². The van der Waals surface area contributed by atoms with E-state index in [0.29, 0.717) is 42.9 Å². The molecule has 9 nitrogen and oxygen atoms in total. The van der Waals surface area contributed by atoms with Gasteiger partial charge in [-0.15, -0.1) is 0 Å². The maximum absolute atomic E-state index is 13.1. The molecule has 1 aliphatic rings. The van der Waals surface area contributed by atoms with Gasteiger partial charge in [0.05, 0.1) is 16.3 Å². The molecular formula is C25H27N5O4S2. The van der Waals surface area contributed by atoms with Crippen molar-refractivity contribution in [1.29, 1.82) is 0 Å². The highest BCUT2D eigenvalue weighted by atomic mass is 32.2. The minimum atomic E-state index is -3.97. The normalized spacial score (nSPS) is 15.7. The van der Waals surface area contributed by atoms with Gasteiger partial charge in [0.1, 0.15) is 16.2 Å². The number of rotatable bonds is 7. The molecule has 1 aromatic heterocycles. The van der Waals surface area contributed by atoms with Crippen molar-refractivity contribution in [1.82, 2.24) is 9.27 Å². The monoisotopic (exact) mass is 525 g/mol. The number of piperidine rings is 1. The maximum atomic E-state index is 13.1. The molecule has 2 aromatic carbocycles. The van der Waals surface area contributed by atoms with Gasteiger partial charge >= 0.3 is 0 Å². The summed E-state index contributed by atoms with van der Waals surface area (Å²) in [6.07, 6.45) is 2.35. The Morgan fingerprint density at radius 2 is 1.92 bits per heavy atom. The number of aliphatic hydroxyl groups is 1. The van der Waals surface area contributed by atoms with E-state index in [1.165, 1.54) is 23.8 Å². The van der Waals surface area contributed by atoms with E-state index in [0.717, 1.165) is 10.6 Å². The van der Waals surface area contributed by atoms with Crippen molar-refractivity contribution in [2.24, 2.45) is 9.98 Å². The van der Waals surface area contributed by atoms with Gasteiger partial charge < -0.3 is 10.0 Å². The molecule has 4 rings (SSSR count). The molecule has 0 bridgehead atoms. The molecule has 1 fully saturated rings. The molecule has 1 aliphatic heterocycles. The molecule has 188 valence electrons. The van der Waals surface area contributed by atoms with E-state index < -0.39 is 15.6 Å². The molecule has 0 aliphatic carbocycles. The van der Waals surface area contributed by atoms with Crippen molar-refractivity contribution in [3.05, 3.63) is 64.7 Å². The summed E-state index contributed by atoms with van der Waals surface area (Å²) in [6.45, 7) is 7.87. The molecule has 0 radical (unpaired) electrons. The predicted octanol–water partition coefficient (Wildman–Crippen LogP) is 4.43. The highest BCUT2D eigenvalue weighted by Gasteiger charge is 2.37. The molecule has 0 atom stereocenters. The van der Waals surface area contributed by atoms with Gasteiger partial charge in [-0.25, -0.2) is 8.42 Å². The Balaban J connectivity index is 1.45. The number of aryl methyl sites for hydroxylation is 1. The van der Waals surface area contributed by atoms with Crippen molar-refractivity contribution in [3.63, 3.8) is 0 Å². The number of sulfonamides is 1. The van der Waals surface area contributed by atoms with Crippen molar-refractivity contribution < 1.29 is 18.3 Å². The van der Waals surface area contributed by atoms with Crippen LogP contribution in [0.4, 0.5) is 17.1 Å². The van der Waals surface area contributed by atoms with Gasteiger partial charge in [0.25, 0.3) is 15.9 Å². The Hall–Kier alpha value is -3.41. The number of amides is 1. The third kappa shape index (κ3) is 5.23. The maximum Gasteiger partial charge on any atom is 0.264 e. The van der Waals surface area contributed by atoms with E-state index >= 15 is 0 Å². The zero-order valence-electron chi connectivity index (χ0n) is 20.0. The summed E-state index contributed by atoms with van der Waals surface area (Å²) < 4.78 is 32.9. The number of hydrogen-bond donors (Lipinski definition) is 2. The van der Waals surface area contributed by atoms with Gasteiger partial charge in [-0.05, 0) is 87.4 Å². The van der Waals surface area contributed by atoms with Crippen LogP contribution < -0.4 is 4.72 Å². The smallest absolute Gasteiger partial charge is 0.264 e. The van der Waals surface area contributed by atoms with Gasteiger partial charge in [-0.1, -0.05) is 6.07 Å². The first kappa shape index (κ1) is 25.7. The van der Waals surface area contributed by atoms with Crippen LogP contribution in [0.15, 0.2) is 63.4 Å². The van der Waals surface area contributed by atoms with Crippen LogP contribution >= 0.6 is 11.5 Å². The number of carbonyl (C=O) groups excluding carboxylic acids is 1. The second-order valence-corrected chi connectivity index (χ2v) is 11.0. The average Bonchev–Trinajstić information content (AvgIpc) is 3.32. The van der Waals surface area contributed by atoms with Crippen LogP contribution in [-0.4, -0.2) is 54.7 Å². The fraction of sp³-hybridized carbons (Fsp3) is 0.280. The van der Waals surface area contributed by atoms with E-state index in [9.17, 15) is 18.3 Å². The van der Waals surface area contributed by atoms with Crippen LogP contribution in [0.2, 0.25) is 0 Å². The van der Waals surface area contributed by atoms with E-state index in [1.807, 2.05) is 13.0 Å². The highest BCUT2D eigenvalue weighted by molar-refractivity contribution is 7.92. The summed E-state index contributed by atoms with van der Waals surface area (Å²) >= 11 is 1.30. The molecule has 2 heterocycles. The lowest BCUT2D eigenvalue weighted by Gasteiger charge is -2.37. The average molecular weight is 526 g/mol. The first-order chi connectivity index (χ1) is 17.2. The predicted molar refractivity (Wildman–Crippen MR) is 143 cm³/mol. The zero-order valence-corrected chi connectivity index (χ0v) is 21.6. The molecule has 36 heavy (non-hydrogen) atoms.